The summed E-state index contributed by atoms with van der Waals surface area (Å²) in [5, 5.41) is 0. The molecule has 2 aromatic rings. The Balaban J connectivity index is 0.000000960. The Morgan fingerprint density at radius 2 is 1.62 bits per heavy atom. The van der Waals surface area contributed by atoms with Crippen LogP contribution in [-0.2, 0) is 25.8 Å². The maximum absolute atomic E-state index is 6.72. The largest absolute Gasteiger partial charge is 2.00 e. The molecule has 0 nitrogen and oxygen atoms in total. The third-order valence-electron chi connectivity index (χ3n) is 4.58. The molecule has 2 aromatic carbocycles. The van der Waals surface area contributed by atoms with E-state index in [-0.39, 0.29) is 50.7 Å². The number of rotatable bonds is 2. The molecular formula is C19H17Cl3HfSi. The summed E-state index contributed by atoms with van der Waals surface area (Å²) < 4.78 is 0. The Hall–Kier alpha value is -0.123. The van der Waals surface area contributed by atoms with Gasteiger partial charge in [-0.3, -0.25) is 0 Å². The van der Waals surface area contributed by atoms with Crippen LogP contribution in [0.2, 0.25) is 6.55 Å². The van der Waals surface area contributed by atoms with Gasteiger partial charge in [0.05, 0.1) is 0 Å². The third kappa shape index (κ3) is 3.54. The Labute approximate surface area is 181 Å². The van der Waals surface area contributed by atoms with E-state index in [0.717, 1.165) is 6.42 Å². The predicted molar refractivity (Wildman–Crippen MR) is 94.3 cm³/mol. The van der Waals surface area contributed by atoms with Gasteiger partial charge in [0, 0.05) is 5.54 Å². The van der Waals surface area contributed by atoms with Crippen molar-refractivity contribution in [2.75, 3.05) is 0 Å². The fourth-order valence-electron chi connectivity index (χ4n) is 3.71. The second-order valence-electron chi connectivity index (χ2n) is 5.83. The first-order valence-corrected chi connectivity index (χ1v) is 11.1. The summed E-state index contributed by atoms with van der Waals surface area (Å²) >= 11 is 6.72. The van der Waals surface area contributed by atoms with E-state index in [2.05, 4.69) is 67.2 Å². The van der Waals surface area contributed by atoms with Crippen molar-refractivity contribution in [2.45, 2.75) is 18.5 Å². The summed E-state index contributed by atoms with van der Waals surface area (Å²) in [6.07, 6.45) is 7.68. The monoisotopic (exact) mass is 558 g/mol. The number of halogens is 3. The number of hydrogen-bond acceptors (Lipinski definition) is 0. The van der Waals surface area contributed by atoms with Crippen LogP contribution in [0.5, 0.6) is 0 Å². The summed E-state index contributed by atoms with van der Waals surface area (Å²) in [7, 11) is -1.34. The number of fused-ring (bicyclic) bond motifs is 3. The van der Waals surface area contributed by atoms with Crippen LogP contribution in [0.1, 0.15) is 28.7 Å². The zero-order chi connectivity index (χ0) is 14.4. The molecule has 2 unspecified atom stereocenters. The molecule has 0 N–H and O–H groups in total. The molecule has 0 aliphatic heterocycles. The van der Waals surface area contributed by atoms with Gasteiger partial charge in [-0.25, -0.2) is 0 Å². The predicted octanol–water partition coefficient (Wildman–Crippen LogP) is -0.721. The number of hydrogen-bond donors (Lipinski definition) is 0. The van der Waals surface area contributed by atoms with Gasteiger partial charge in [0.15, 0.2) is 0 Å². The molecule has 2 aliphatic rings. The summed E-state index contributed by atoms with van der Waals surface area (Å²) in [6, 6.07) is 15.5. The van der Waals surface area contributed by atoms with E-state index < -0.39 is 8.11 Å². The molecule has 0 fully saturated rings. The maximum atomic E-state index is 6.72. The van der Waals surface area contributed by atoms with Crippen molar-refractivity contribution in [1.82, 2.24) is 0 Å². The summed E-state index contributed by atoms with van der Waals surface area (Å²) in [6.45, 7) is 2.25. The molecular weight excluding hydrogens is 541 g/mol. The topological polar surface area (TPSA) is 0 Å². The van der Waals surface area contributed by atoms with Crippen molar-refractivity contribution in [3.8, 4) is 11.1 Å². The molecule has 0 bridgehead atoms. The fourth-order valence-corrected chi connectivity index (χ4v) is 6.10. The molecule has 0 saturated heterocycles. The SMILES string of the molecule is C[SiH](Cl)C1c2ccccc2-c2cccc(C3=CC=CC3)c21.[Cl-].[Cl-].[Hf+2]. The van der Waals surface area contributed by atoms with Gasteiger partial charge in [-0.05, 0) is 39.8 Å². The summed E-state index contributed by atoms with van der Waals surface area (Å²) in [5.41, 5.74) is 8.93. The quantitative estimate of drug-likeness (QED) is 0.338. The first-order chi connectivity index (χ1) is 10.3. The number of benzene rings is 2. The van der Waals surface area contributed by atoms with Crippen LogP contribution < -0.4 is 24.8 Å². The van der Waals surface area contributed by atoms with E-state index in [1.54, 1.807) is 0 Å². The van der Waals surface area contributed by atoms with Gasteiger partial charge in [-0.1, -0.05) is 67.2 Å². The van der Waals surface area contributed by atoms with Crippen molar-refractivity contribution in [1.29, 1.82) is 0 Å². The normalized spacial score (nSPS) is 17.6. The van der Waals surface area contributed by atoms with Gasteiger partial charge < -0.3 is 24.8 Å². The molecule has 0 radical (unpaired) electrons. The Bertz CT molecular complexity index is 784. The minimum absolute atomic E-state index is 0. The molecule has 24 heavy (non-hydrogen) atoms. The molecule has 5 heteroatoms. The van der Waals surface area contributed by atoms with Crippen LogP contribution in [0.3, 0.4) is 0 Å². The average molecular weight is 558 g/mol. The van der Waals surface area contributed by atoms with Gasteiger partial charge >= 0.3 is 25.8 Å². The minimum atomic E-state index is -1.34. The molecule has 0 aromatic heterocycles. The molecule has 0 spiro atoms. The van der Waals surface area contributed by atoms with Gasteiger partial charge in [0.2, 0.25) is 0 Å². The smallest absolute Gasteiger partial charge is 1.00 e. The van der Waals surface area contributed by atoms with Gasteiger partial charge in [-0.15, -0.1) is 0 Å². The Morgan fingerprint density at radius 1 is 0.958 bits per heavy atom. The second-order valence-corrected chi connectivity index (χ2v) is 9.92. The molecule has 0 heterocycles. The van der Waals surface area contributed by atoms with E-state index in [1.807, 2.05) is 0 Å². The van der Waals surface area contributed by atoms with Crippen molar-refractivity contribution in [2.24, 2.45) is 0 Å². The van der Waals surface area contributed by atoms with Crippen molar-refractivity contribution in [3.63, 3.8) is 0 Å². The molecule has 0 saturated carbocycles. The Morgan fingerprint density at radius 3 is 2.29 bits per heavy atom. The van der Waals surface area contributed by atoms with Crippen LogP contribution in [0.25, 0.3) is 16.7 Å². The molecule has 2 atom stereocenters. The van der Waals surface area contributed by atoms with Crippen molar-refractivity contribution >= 4 is 24.8 Å². The Kier molecular flexibility index (Phi) is 8.22. The third-order valence-corrected chi connectivity index (χ3v) is 6.95. The van der Waals surface area contributed by atoms with Crippen LogP contribution >= 0.6 is 11.1 Å². The maximum Gasteiger partial charge on any atom is 2.00 e. The van der Waals surface area contributed by atoms with Gasteiger partial charge in [0.25, 0.3) is 0 Å². The van der Waals surface area contributed by atoms with Crippen LogP contribution in [0.4, 0.5) is 0 Å². The van der Waals surface area contributed by atoms with E-state index in [1.165, 1.54) is 33.4 Å². The van der Waals surface area contributed by atoms with E-state index in [9.17, 15) is 0 Å². The first-order valence-electron chi connectivity index (χ1n) is 7.49. The molecule has 0 amide bonds. The molecule has 2 aliphatic carbocycles. The number of allylic oxidation sites excluding steroid dienone is 4. The average Bonchev–Trinajstić information content (AvgIpc) is 3.12. The van der Waals surface area contributed by atoms with Crippen LogP contribution in [0.15, 0.2) is 60.7 Å². The van der Waals surface area contributed by atoms with E-state index in [4.69, 9.17) is 11.1 Å². The van der Waals surface area contributed by atoms with Crippen molar-refractivity contribution in [3.05, 3.63) is 77.4 Å². The standard InChI is InChI=1S/C19H17ClSi.2ClH.Hf/c1-21(20)19-17-10-5-4-9-15(17)16-12-6-11-14(18(16)19)13-7-2-3-8-13;;;/h2-7,9-12,19,21H,8H2,1H3;2*1H;/q;;;+2/p-2. The van der Waals surface area contributed by atoms with Crippen molar-refractivity contribution < 1.29 is 50.7 Å². The van der Waals surface area contributed by atoms with Gasteiger partial charge in [0.1, 0.15) is 8.11 Å². The molecule has 4 rings (SSSR count). The minimum Gasteiger partial charge on any atom is -1.00 e. The van der Waals surface area contributed by atoms with Crippen LogP contribution in [-0.4, -0.2) is 8.11 Å². The summed E-state index contributed by atoms with van der Waals surface area (Å²) in [4.78, 5) is 0. The zero-order valence-electron chi connectivity index (χ0n) is 13.3. The van der Waals surface area contributed by atoms with E-state index >= 15 is 0 Å². The fraction of sp³-hybridized carbons (Fsp3) is 0.158. The first kappa shape index (κ1) is 21.9. The van der Waals surface area contributed by atoms with Crippen LogP contribution in [0, 0.1) is 0 Å². The van der Waals surface area contributed by atoms with Gasteiger partial charge in [-0.2, -0.15) is 11.1 Å². The molecule has 122 valence electrons. The zero-order valence-corrected chi connectivity index (χ0v) is 20.3. The second kappa shape index (κ2) is 9.00. The summed E-state index contributed by atoms with van der Waals surface area (Å²) in [5.74, 6) is 0. The van der Waals surface area contributed by atoms with E-state index in [0.29, 0.717) is 5.54 Å².